The molecule has 192 valence electrons. The number of carbonyl (C=O) groups excluding carboxylic acids is 2. The lowest BCUT2D eigenvalue weighted by atomic mass is 9.88. The van der Waals surface area contributed by atoms with Gasteiger partial charge in [-0.25, -0.2) is 9.59 Å². The lowest BCUT2D eigenvalue weighted by molar-refractivity contribution is -0.142. The zero-order chi connectivity index (χ0) is 25.5. The summed E-state index contributed by atoms with van der Waals surface area (Å²) in [5.74, 6) is -1.75. The molecule has 2 aliphatic rings. The number of amides is 2. The summed E-state index contributed by atoms with van der Waals surface area (Å²) in [6, 6.07) is 14.4. The molecule has 1 aliphatic heterocycles. The van der Waals surface area contributed by atoms with E-state index in [1.807, 2.05) is 31.3 Å². The molecule has 0 saturated carbocycles. The van der Waals surface area contributed by atoms with E-state index in [4.69, 9.17) is 4.74 Å². The van der Waals surface area contributed by atoms with Gasteiger partial charge in [-0.15, -0.1) is 0 Å². The summed E-state index contributed by atoms with van der Waals surface area (Å²) in [6.07, 6.45) is 3.64. The third-order valence-electron chi connectivity index (χ3n) is 7.32. The summed E-state index contributed by atoms with van der Waals surface area (Å²) >= 11 is 0. The molecule has 2 aromatic rings. The Kier molecular flexibility index (Phi) is 8.59. The number of ether oxygens (including phenoxy) is 1. The minimum absolute atomic E-state index is 0.0856. The fourth-order valence-electron chi connectivity index (χ4n) is 5.42. The fraction of sp³-hybridized carbons (Fsp3) is 0.464. The maximum absolute atomic E-state index is 13.2. The lowest BCUT2D eigenvalue weighted by Gasteiger charge is -2.29. The van der Waals surface area contributed by atoms with Gasteiger partial charge < -0.3 is 25.8 Å². The molecule has 2 amide bonds. The zero-order valence-electron chi connectivity index (χ0n) is 20.7. The van der Waals surface area contributed by atoms with E-state index in [9.17, 15) is 19.5 Å². The number of aliphatic carboxylic acids is 1. The van der Waals surface area contributed by atoms with Gasteiger partial charge in [-0.3, -0.25) is 4.79 Å². The van der Waals surface area contributed by atoms with Gasteiger partial charge in [0.15, 0.2) is 0 Å². The topological polar surface area (TPSA) is 117 Å². The van der Waals surface area contributed by atoms with Crippen LogP contribution >= 0.6 is 0 Å². The van der Waals surface area contributed by atoms with E-state index in [1.54, 1.807) is 0 Å². The van der Waals surface area contributed by atoms with Crippen molar-refractivity contribution in [1.82, 2.24) is 16.0 Å². The summed E-state index contributed by atoms with van der Waals surface area (Å²) in [6.45, 7) is 0.830. The molecule has 1 heterocycles. The van der Waals surface area contributed by atoms with E-state index in [0.29, 0.717) is 19.4 Å². The number of rotatable bonds is 7. The van der Waals surface area contributed by atoms with E-state index in [1.165, 1.54) is 0 Å². The summed E-state index contributed by atoms with van der Waals surface area (Å²) in [5.41, 5.74) is 4.50. The molecule has 1 saturated heterocycles. The average molecular weight is 494 g/mol. The number of hydrogen-bond donors (Lipinski definition) is 4. The molecule has 0 bridgehead atoms. The van der Waals surface area contributed by atoms with Crippen molar-refractivity contribution < 1.29 is 24.2 Å². The summed E-state index contributed by atoms with van der Waals surface area (Å²) in [4.78, 5) is 37.8. The molecule has 0 radical (unpaired) electrons. The van der Waals surface area contributed by atoms with Gasteiger partial charge in [0.05, 0.1) is 0 Å². The van der Waals surface area contributed by atoms with Gasteiger partial charge in [-0.1, -0.05) is 67.8 Å². The Bertz CT molecular complexity index is 1040. The highest BCUT2D eigenvalue weighted by Gasteiger charge is 2.34. The second-order valence-electron chi connectivity index (χ2n) is 9.64. The number of fused-ring (bicyclic) bond motifs is 3. The normalized spacial score (nSPS) is 22.1. The third-order valence-corrected chi connectivity index (χ3v) is 7.32. The number of benzene rings is 2. The molecule has 8 nitrogen and oxygen atoms in total. The van der Waals surface area contributed by atoms with Crippen LogP contribution in [-0.4, -0.2) is 55.4 Å². The molecule has 0 spiro atoms. The average Bonchev–Trinajstić information content (AvgIpc) is 3.20. The largest absolute Gasteiger partial charge is 0.480 e. The van der Waals surface area contributed by atoms with Gasteiger partial charge in [0.2, 0.25) is 5.91 Å². The Balaban J connectivity index is 1.48. The summed E-state index contributed by atoms with van der Waals surface area (Å²) in [5, 5.41) is 18.1. The van der Waals surface area contributed by atoms with Crippen molar-refractivity contribution in [3.63, 3.8) is 0 Å². The summed E-state index contributed by atoms with van der Waals surface area (Å²) < 4.78 is 5.68. The van der Waals surface area contributed by atoms with Crippen molar-refractivity contribution in [2.75, 3.05) is 20.2 Å². The third kappa shape index (κ3) is 5.87. The van der Waals surface area contributed by atoms with Gasteiger partial charge in [0, 0.05) is 5.92 Å². The van der Waals surface area contributed by atoms with Crippen LogP contribution in [0.5, 0.6) is 0 Å². The van der Waals surface area contributed by atoms with E-state index in [2.05, 4.69) is 40.2 Å². The minimum Gasteiger partial charge on any atom is -0.480 e. The van der Waals surface area contributed by atoms with Crippen LogP contribution in [0.4, 0.5) is 4.79 Å². The van der Waals surface area contributed by atoms with Crippen molar-refractivity contribution in [3.8, 4) is 11.1 Å². The SMILES string of the molecule is CNCCC1CCCCCC(C(=O)O)NC(=O)C1NC(=O)OCC1c2ccccc2-c2ccccc21. The molecule has 0 aromatic heterocycles. The van der Waals surface area contributed by atoms with Crippen LogP contribution in [0, 0.1) is 5.92 Å². The molecule has 4 rings (SSSR count). The monoisotopic (exact) mass is 493 g/mol. The number of nitrogens with one attached hydrogen (secondary N) is 3. The van der Waals surface area contributed by atoms with Crippen LogP contribution in [0.1, 0.15) is 55.6 Å². The van der Waals surface area contributed by atoms with E-state index in [0.717, 1.165) is 47.9 Å². The first-order valence-electron chi connectivity index (χ1n) is 12.8. The quantitative estimate of drug-likeness (QED) is 0.468. The van der Waals surface area contributed by atoms with Gasteiger partial charge in [0.25, 0.3) is 0 Å². The number of carboxylic acid groups (broad SMARTS) is 1. The molecule has 4 N–H and O–H groups in total. The molecule has 8 heteroatoms. The van der Waals surface area contributed by atoms with Crippen LogP contribution in [0.15, 0.2) is 48.5 Å². The van der Waals surface area contributed by atoms with Gasteiger partial charge >= 0.3 is 12.1 Å². The van der Waals surface area contributed by atoms with Crippen LogP contribution in [0.2, 0.25) is 0 Å². The Morgan fingerprint density at radius 1 is 1.00 bits per heavy atom. The van der Waals surface area contributed by atoms with E-state index < -0.39 is 30.1 Å². The Labute approximate surface area is 211 Å². The molecule has 2 aromatic carbocycles. The predicted molar refractivity (Wildman–Crippen MR) is 137 cm³/mol. The molecule has 3 atom stereocenters. The number of hydrogen-bond acceptors (Lipinski definition) is 5. The zero-order valence-corrected chi connectivity index (χ0v) is 20.7. The highest BCUT2D eigenvalue weighted by Crippen LogP contribution is 2.44. The highest BCUT2D eigenvalue weighted by atomic mass is 16.5. The van der Waals surface area contributed by atoms with E-state index in [-0.39, 0.29) is 18.4 Å². The molecule has 36 heavy (non-hydrogen) atoms. The maximum Gasteiger partial charge on any atom is 0.407 e. The first kappa shape index (κ1) is 25.7. The maximum atomic E-state index is 13.2. The van der Waals surface area contributed by atoms with Gasteiger partial charge in [0.1, 0.15) is 18.7 Å². The second-order valence-corrected chi connectivity index (χ2v) is 9.64. The van der Waals surface area contributed by atoms with Crippen LogP contribution in [-0.2, 0) is 14.3 Å². The first-order valence-corrected chi connectivity index (χ1v) is 12.8. The first-order chi connectivity index (χ1) is 17.5. The Morgan fingerprint density at radius 3 is 2.28 bits per heavy atom. The molecule has 3 unspecified atom stereocenters. The Morgan fingerprint density at radius 2 is 1.64 bits per heavy atom. The van der Waals surface area contributed by atoms with Gasteiger partial charge in [-0.05, 0) is 61.0 Å². The number of alkyl carbamates (subject to hydrolysis) is 1. The van der Waals surface area contributed by atoms with Gasteiger partial charge in [-0.2, -0.15) is 0 Å². The molecule has 1 aliphatic carbocycles. The molecule has 1 fully saturated rings. The van der Waals surface area contributed by atoms with Crippen molar-refractivity contribution in [2.24, 2.45) is 5.92 Å². The number of carboxylic acids is 1. The van der Waals surface area contributed by atoms with Crippen molar-refractivity contribution >= 4 is 18.0 Å². The Hall–Kier alpha value is -3.39. The number of carbonyl (C=O) groups is 3. The van der Waals surface area contributed by atoms with Crippen LogP contribution in [0.3, 0.4) is 0 Å². The van der Waals surface area contributed by atoms with Crippen molar-refractivity contribution in [3.05, 3.63) is 59.7 Å². The molecular formula is C28H35N3O5. The van der Waals surface area contributed by atoms with Crippen molar-refractivity contribution in [2.45, 2.75) is 56.5 Å². The van der Waals surface area contributed by atoms with Crippen LogP contribution < -0.4 is 16.0 Å². The van der Waals surface area contributed by atoms with E-state index >= 15 is 0 Å². The van der Waals surface area contributed by atoms with Crippen molar-refractivity contribution in [1.29, 1.82) is 0 Å². The highest BCUT2D eigenvalue weighted by molar-refractivity contribution is 5.89. The predicted octanol–water partition coefficient (Wildman–Crippen LogP) is 3.65. The standard InChI is InChI=1S/C28H35N3O5/c1-29-16-15-18-9-3-2-4-14-24(27(33)34)30-26(32)25(18)31-28(35)36-17-23-21-12-7-5-10-19(21)20-11-6-8-13-22(20)23/h5-8,10-13,18,23-25,29H,2-4,9,14-17H2,1H3,(H,30,32)(H,31,35)(H,33,34). The second kappa shape index (κ2) is 12.0. The van der Waals surface area contributed by atoms with Crippen LogP contribution in [0.25, 0.3) is 11.1 Å². The summed E-state index contributed by atoms with van der Waals surface area (Å²) in [7, 11) is 1.84. The minimum atomic E-state index is -1.06. The molecular weight excluding hydrogens is 458 g/mol. The fourth-order valence-corrected chi connectivity index (χ4v) is 5.42. The smallest absolute Gasteiger partial charge is 0.407 e. The lowest BCUT2D eigenvalue weighted by Crippen LogP contribution is -2.55.